The van der Waals surface area contributed by atoms with Crippen LogP contribution in [0.3, 0.4) is 0 Å². The third kappa shape index (κ3) is 2.75. The van der Waals surface area contributed by atoms with Crippen molar-refractivity contribution in [3.63, 3.8) is 0 Å². The van der Waals surface area contributed by atoms with Crippen molar-refractivity contribution < 1.29 is 18.7 Å². The van der Waals surface area contributed by atoms with E-state index in [4.69, 9.17) is 9.47 Å². The minimum Gasteiger partial charge on any atom is -0.462 e. The van der Waals surface area contributed by atoms with E-state index >= 15 is 4.39 Å². The zero-order valence-electron chi connectivity index (χ0n) is 17.1. The van der Waals surface area contributed by atoms with Gasteiger partial charge in [-0.3, -0.25) is 0 Å². The summed E-state index contributed by atoms with van der Waals surface area (Å²) in [5.41, 5.74) is 3.89. The second-order valence-corrected chi connectivity index (χ2v) is 7.52. The zero-order chi connectivity index (χ0) is 20.8. The predicted octanol–water partition coefficient (Wildman–Crippen LogP) is 4.71. The summed E-state index contributed by atoms with van der Waals surface area (Å²) < 4.78 is 27.9. The molecule has 2 aromatic heterocycles. The molecule has 30 heavy (non-hydrogen) atoms. The van der Waals surface area contributed by atoms with Crippen LogP contribution >= 0.6 is 0 Å². The Labute approximate surface area is 173 Å². The molecule has 0 aliphatic carbocycles. The number of benzene rings is 2. The van der Waals surface area contributed by atoms with E-state index in [0.29, 0.717) is 36.3 Å². The zero-order valence-corrected chi connectivity index (χ0v) is 17.1. The van der Waals surface area contributed by atoms with Gasteiger partial charge in [-0.1, -0.05) is 18.2 Å². The first-order valence-corrected chi connectivity index (χ1v) is 10.3. The lowest BCUT2D eigenvalue weighted by molar-refractivity contribution is 0.0525. The molecule has 0 unspecified atom stereocenters. The number of hydrogen-bond acceptors (Lipinski definition) is 4. The fourth-order valence-corrected chi connectivity index (χ4v) is 4.57. The summed E-state index contributed by atoms with van der Waals surface area (Å²) in [7, 11) is 0. The van der Waals surface area contributed by atoms with Crippen molar-refractivity contribution in [1.82, 2.24) is 4.40 Å². The topological polar surface area (TPSA) is 43.2 Å². The molecule has 1 fully saturated rings. The highest BCUT2D eigenvalue weighted by molar-refractivity contribution is 6.18. The molecule has 2 aromatic carbocycles. The van der Waals surface area contributed by atoms with Gasteiger partial charge in [-0.15, -0.1) is 0 Å². The number of rotatable bonds is 3. The van der Waals surface area contributed by atoms with E-state index < -0.39 is 0 Å². The number of fused-ring (bicyclic) bond motifs is 6. The van der Waals surface area contributed by atoms with Gasteiger partial charge < -0.3 is 18.8 Å². The van der Waals surface area contributed by atoms with Gasteiger partial charge in [-0.05, 0) is 43.5 Å². The third-order valence-corrected chi connectivity index (χ3v) is 5.89. The molecule has 0 radical (unpaired) electrons. The monoisotopic (exact) mass is 406 g/mol. The number of halogens is 1. The van der Waals surface area contributed by atoms with Crippen molar-refractivity contribution in [1.29, 1.82) is 0 Å². The summed E-state index contributed by atoms with van der Waals surface area (Å²) in [5, 5.41) is 2.34. The average Bonchev–Trinajstić information content (AvgIpc) is 3.11. The lowest BCUT2D eigenvalue weighted by atomic mass is 10.0. The maximum absolute atomic E-state index is 15.1. The number of aromatic nitrogens is 1. The highest BCUT2D eigenvalue weighted by Crippen LogP contribution is 2.39. The summed E-state index contributed by atoms with van der Waals surface area (Å²) >= 11 is 0. The first-order valence-electron chi connectivity index (χ1n) is 10.3. The van der Waals surface area contributed by atoms with Gasteiger partial charge in [0.15, 0.2) is 0 Å². The second kappa shape index (κ2) is 7.29. The lowest BCUT2D eigenvalue weighted by Crippen LogP contribution is -2.36. The van der Waals surface area contributed by atoms with Gasteiger partial charge in [0.1, 0.15) is 5.82 Å². The second-order valence-electron chi connectivity index (χ2n) is 7.52. The lowest BCUT2D eigenvalue weighted by Gasteiger charge is -2.30. The number of hydrogen-bond donors (Lipinski definition) is 0. The van der Waals surface area contributed by atoms with Gasteiger partial charge in [0, 0.05) is 35.2 Å². The minimum absolute atomic E-state index is 0.293. The van der Waals surface area contributed by atoms with Crippen LogP contribution in [0.5, 0.6) is 0 Å². The number of morpholine rings is 1. The molecular weight excluding hydrogens is 383 g/mol. The normalized spacial score (nSPS) is 14.7. The molecular formula is C24H23FN2O3. The fraction of sp³-hybridized carbons (Fsp3) is 0.292. The Kier molecular flexibility index (Phi) is 4.59. The molecule has 1 aliphatic heterocycles. The van der Waals surface area contributed by atoms with Crippen molar-refractivity contribution in [2.45, 2.75) is 13.8 Å². The Balaban J connectivity index is 1.93. The summed E-state index contributed by atoms with van der Waals surface area (Å²) in [6.07, 6.45) is 0. The van der Waals surface area contributed by atoms with Crippen molar-refractivity contribution in [3.05, 3.63) is 59.5 Å². The van der Waals surface area contributed by atoms with E-state index in [1.165, 1.54) is 6.07 Å². The van der Waals surface area contributed by atoms with Crippen LogP contribution in [-0.2, 0) is 9.47 Å². The molecule has 4 aromatic rings. The minimum atomic E-state index is -0.388. The molecule has 6 heteroatoms. The van der Waals surface area contributed by atoms with Crippen molar-refractivity contribution in [2.75, 3.05) is 37.8 Å². The number of aryl methyl sites for hydroxylation is 1. The largest absolute Gasteiger partial charge is 0.462 e. The Hall–Kier alpha value is -3.12. The molecule has 154 valence electrons. The van der Waals surface area contributed by atoms with E-state index in [0.717, 1.165) is 40.8 Å². The molecule has 0 amide bonds. The number of esters is 1. The smallest absolute Gasteiger partial charge is 0.339 e. The van der Waals surface area contributed by atoms with Crippen LogP contribution in [-0.4, -0.2) is 43.3 Å². The Bertz CT molecular complexity index is 1290. The third-order valence-electron chi connectivity index (χ3n) is 5.89. The average molecular weight is 406 g/mol. The number of ether oxygens (including phenoxy) is 2. The highest BCUT2D eigenvalue weighted by Gasteiger charge is 2.23. The van der Waals surface area contributed by atoms with Crippen LogP contribution in [0.15, 0.2) is 42.5 Å². The van der Waals surface area contributed by atoms with Crippen LogP contribution in [0, 0.1) is 12.7 Å². The van der Waals surface area contributed by atoms with E-state index in [1.807, 2.05) is 29.5 Å². The van der Waals surface area contributed by atoms with Crippen LogP contribution in [0.25, 0.3) is 27.2 Å². The first-order chi connectivity index (χ1) is 14.6. The Morgan fingerprint density at radius 3 is 2.63 bits per heavy atom. The number of carbonyl (C=O) groups excluding carboxylic acids is 1. The number of anilines is 1. The quantitative estimate of drug-likeness (QED) is 0.365. The molecule has 0 atom stereocenters. The molecule has 0 saturated carbocycles. The van der Waals surface area contributed by atoms with E-state index in [2.05, 4.69) is 11.0 Å². The Morgan fingerprint density at radius 1 is 1.10 bits per heavy atom. The number of nitrogens with zero attached hydrogens (tertiary/aromatic N) is 2. The SMILES string of the molecule is CCOC(=O)c1cc2c3c(F)cccc3c3c(N4CCOCC4)cccc3n2c1C. The molecule has 0 N–H and O–H groups in total. The van der Waals surface area contributed by atoms with Crippen LogP contribution in [0.2, 0.25) is 0 Å². The molecule has 1 saturated heterocycles. The fourth-order valence-electron chi connectivity index (χ4n) is 4.57. The van der Waals surface area contributed by atoms with Crippen LogP contribution in [0.1, 0.15) is 23.0 Å². The number of pyridine rings is 1. The van der Waals surface area contributed by atoms with E-state index in [-0.39, 0.29) is 11.8 Å². The predicted molar refractivity (Wildman–Crippen MR) is 116 cm³/mol. The molecule has 1 aliphatic rings. The first kappa shape index (κ1) is 18.9. The summed E-state index contributed by atoms with van der Waals surface area (Å²) in [6, 6.07) is 13.0. The van der Waals surface area contributed by atoms with Gasteiger partial charge in [-0.25, -0.2) is 9.18 Å². The van der Waals surface area contributed by atoms with Gasteiger partial charge >= 0.3 is 5.97 Å². The van der Waals surface area contributed by atoms with Gasteiger partial charge in [0.25, 0.3) is 0 Å². The molecule has 5 nitrogen and oxygen atoms in total. The molecule has 3 heterocycles. The maximum Gasteiger partial charge on any atom is 0.339 e. The summed E-state index contributed by atoms with van der Waals surface area (Å²) in [4.78, 5) is 14.8. The summed E-state index contributed by atoms with van der Waals surface area (Å²) in [6.45, 7) is 6.86. The van der Waals surface area contributed by atoms with Gasteiger partial charge in [0.2, 0.25) is 0 Å². The van der Waals surface area contributed by atoms with E-state index in [9.17, 15) is 4.79 Å². The standard InChI is InChI=1S/C24H23FN2O3/c1-3-30-24(28)17-14-21-22-16(6-4-7-18(22)25)23-19(26-10-12-29-13-11-26)8-5-9-20(23)27(21)15(17)2/h4-9,14H,3,10-13H2,1-2H3. The molecule has 0 spiro atoms. The molecule has 5 rings (SSSR count). The van der Waals surface area contributed by atoms with Crippen molar-refractivity contribution in [3.8, 4) is 0 Å². The van der Waals surface area contributed by atoms with Crippen molar-refractivity contribution >= 4 is 38.8 Å². The number of carbonyl (C=O) groups is 1. The van der Waals surface area contributed by atoms with Crippen LogP contribution < -0.4 is 4.90 Å². The summed E-state index contributed by atoms with van der Waals surface area (Å²) in [5.74, 6) is -0.690. The highest BCUT2D eigenvalue weighted by atomic mass is 19.1. The maximum atomic E-state index is 15.1. The van der Waals surface area contributed by atoms with Crippen LogP contribution in [0.4, 0.5) is 10.1 Å². The van der Waals surface area contributed by atoms with E-state index in [1.54, 1.807) is 19.1 Å². The van der Waals surface area contributed by atoms with Crippen molar-refractivity contribution in [2.24, 2.45) is 0 Å². The van der Waals surface area contributed by atoms with Gasteiger partial charge in [0.05, 0.1) is 36.4 Å². The van der Waals surface area contributed by atoms with Gasteiger partial charge in [-0.2, -0.15) is 0 Å². The molecule has 0 bridgehead atoms. The Morgan fingerprint density at radius 2 is 1.87 bits per heavy atom.